The first-order chi connectivity index (χ1) is 4.66. The zero-order chi connectivity index (χ0) is 7.98. The Morgan fingerprint density at radius 2 is 2.30 bits per heavy atom. The molecule has 0 radical (unpaired) electrons. The molecule has 0 unspecified atom stereocenters. The highest BCUT2D eigenvalue weighted by atomic mass is 19.1. The summed E-state index contributed by atoms with van der Waals surface area (Å²) in [4.78, 5) is 12.8. The topological polar surface area (TPSA) is 49.7 Å². The van der Waals surface area contributed by atoms with E-state index in [0.29, 0.717) is 6.08 Å². The zero-order valence-corrected chi connectivity index (χ0v) is 5.12. The Morgan fingerprint density at radius 3 is 2.70 bits per heavy atom. The molecule has 0 aromatic heterocycles. The largest absolute Gasteiger partial charge is 0.478 e. The lowest BCUT2D eigenvalue weighted by molar-refractivity contribution is -0.131. The molecule has 0 fully saturated rings. The molecule has 1 N–H and O–H groups in total. The monoisotopic (exact) mass is 143 g/mol. The Balaban J connectivity index is 4.06. The Kier molecular flexibility index (Phi) is 3.79. The van der Waals surface area contributed by atoms with Gasteiger partial charge in [0.15, 0.2) is 0 Å². The summed E-state index contributed by atoms with van der Waals surface area (Å²) < 4.78 is 12.1. The van der Waals surface area contributed by atoms with E-state index < -0.39 is 11.9 Å². The molecular formula is C6H6FNO2. The molecule has 0 saturated carbocycles. The highest BCUT2D eigenvalue weighted by Crippen LogP contribution is 1.95. The lowest BCUT2D eigenvalue weighted by Crippen LogP contribution is -1.87. The quantitative estimate of drug-likeness (QED) is 0.366. The fraction of sp³-hybridized carbons (Fsp3) is 0. The number of hydrogen-bond acceptors (Lipinski definition) is 2. The second-order valence-electron chi connectivity index (χ2n) is 1.32. The second-order valence-corrected chi connectivity index (χ2v) is 1.32. The number of carboxylic acids is 1. The summed E-state index contributed by atoms with van der Waals surface area (Å²) >= 11 is 0. The number of rotatable bonds is 3. The van der Waals surface area contributed by atoms with Crippen LogP contribution < -0.4 is 0 Å². The minimum Gasteiger partial charge on any atom is -0.478 e. The Hall–Kier alpha value is -1.45. The van der Waals surface area contributed by atoms with Crippen LogP contribution in [0.25, 0.3) is 0 Å². The number of aliphatic imine (C=N–C) groups is 1. The van der Waals surface area contributed by atoms with Crippen LogP contribution in [-0.4, -0.2) is 17.3 Å². The van der Waals surface area contributed by atoms with Crippen LogP contribution in [0, 0.1) is 0 Å². The van der Waals surface area contributed by atoms with Gasteiger partial charge in [-0.3, -0.25) is 0 Å². The predicted molar refractivity (Wildman–Crippen MR) is 35.5 cm³/mol. The standard InChI is InChI=1S/C6H6FNO2/c1-2-3-8-5(7)4-6(9)10/h2-4H,1H2,(H,9,10)/b5-4+,8-3?. The highest BCUT2D eigenvalue weighted by Gasteiger charge is 1.92. The van der Waals surface area contributed by atoms with Crippen molar-refractivity contribution in [1.29, 1.82) is 0 Å². The number of carbonyl (C=O) groups is 1. The van der Waals surface area contributed by atoms with Gasteiger partial charge < -0.3 is 5.11 Å². The molecule has 10 heavy (non-hydrogen) atoms. The molecule has 0 atom stereocenters. The van der Waals surface area contributed by atoms with E-state index in [4.69, 9.17) is 5.11 Å². The van der Waals surface area contributed by atoms with Gasteiger partial charge in [-0.05, 0) is 0 Å². The van der Waals surface area contributed by atoms with E-state index in [1.54, 1.807) is 0 Å². The molecule has 0 heterocycles. The Bertz CT molecular complexity index is 196. The predicted octanol–water partition coefficient (Wildman–Crippen LogP) is 1.14. The molecule has 0 spiro atoms. The molecule has 0 saturated heterocycles. The van der Waals surface area contributed by atoms with Crippen molar-refractivity contribution in [1.82, 2.24) is 0 Å². The molecule has 54 valence electrons. The highest BCUT2D eigenvalue weighted by molar-refractivity contribution is 5.81. The first-order valence-electron chi connectivity index (χ1n) is 2.42. The summed E-state index contributed by atoms with van der Waals surface area (Å²) in [6.07, 6.45) is 2.67. The first kappa shape index (κ1) is 8.55. The van der Waals surface area contributed by atoms with Gasteiger partial charge in [0.1, 0.15) is 0 Å². The summed E-state index contributed by atoms with van der Waals surface area (Å²) in [5.74, 6) is -2.41. The van der Waals surface area contributed by atoms with Crippen molar-refractivity contribution in [2.75, 3.05) is 0 Å². The fourth-order valence-corrected chi connectivity index (χ4v) is 0.263. The SMILES string of the molecule is C=CC=N/C(F)=C/C(=O)O. The van der Waals surface area contributed by atoms with Gasteiger partial charge in [0.05, 0.1) is 6.08 Å². The number of carboxylic acid groups (broad SMARTS) is 1. The normalized spacial score (nSPS) is 11.9. The van der Waals surface area contributed by atoms with E-state index in [2.05, 4.69) is 11.6 Å². The molecule has 0 aliphatic heterocycles. The Labute approximate surface area is 57.2 Å². The van der Waals surface area contributed by atoms with Crippen LogP contribution in [0.2, 0.25) is 0 Å². The van der Waals surface area contributed by atoms with E-state index in [0.717, 1.165) is 6.21 Å². The number of halogens is 1. The van der Waals surface area contributed by atoms with E-state index in [-0.39, 0.29) is 0 Å². The van der Waals surface area contributed by atoms with Crippen molar-refractivity contribution in [2.24, 2.45) is 4.99 Å². The van der Waals surface area contributed by atoms with Gasteiger partial charge in [0.2, 0.25) is 5.95 Å². The number of nitrogens with zero attached hydrogens (tertiary/aromatic N) is 1. The van der Waals surface area contributed by atoms with Crippen LogP contribution in [0.1, 0.15) is 0 Å². The third-order valence-corrected chi connectivity index (χ3v) is 0.546. The smallest absolute Gasteiger partial charge is 0.332 e. The van der Waals surface area contributed by atoms with Gasteiger partial charge in [0, 0.05) is 6.21 Å². The van der Waals surface area contributed by atoms with E-state index >= 15 is 0 Å². The summed E-state index contributed by atoms with van der Waals surface area (Å²) in [5, 5.41) is 7.97. The number of hydrogen-bond donors (Lipinski definition) is 1. The van der Waals surface area contributed by atoms with E-state index in [9.17, 15) is 9.18 Å². The van der Waals surface area contributed by atoms with Gasteiger partial charge >= 0.3 is 5.97 Å². The van der Waals surface area contributed by atoms with Gasteiger partial charge in [-0.2, -0.15) is 4.39 Å². The second kappa shape index (κ2) is 4.43. The van der Waals surface area contributed by atoms with Crippen molar-refractivity contribution >= 4 is 12.2 Å². The van der Waals surface area contributed by atoms with Crippen LogP contribution >= 0.6 is 0 Å². The first-order valence-corrected chi connectivity index (χ1v) is 2.42. The van der Waals surface area contributed by atoms with Crippen molar-refractivity contribution in [3.8, 4) is 0 Å². The van der Waals surface area contributed by atoms with Gasteiger partial charge in [-0.15, -0.1) is 0 Å². The number of aliphatic carboxylic acids is 1. The van der Waals surface area contributed by atoms with Crippen LogP contribution in [0.4, 0.5) is 4.39 Å². The van der Waals surface area contributed by atoms with Gasteiger partial charge in [-0.1, -0.05) is 12.7 Å². The number of allylic oxidation sites excluding steroid dienone is 1. The van der Waals surface area contributed by atoms with Crippen molar-refractivity contribution in [3.05, 3.63) is 24.7 Å². The summed E-state index contributed by atoms with van der Waals surface area (Å²) in [6.45, 7) is 3.22. The summed E-state index contributed by atoms with van der Waals surface area (Å²) in [5.41, 5.74) is 0. The molecule has 0 aliphatic rings. The average Bonchev–Trinajstić information content (AvgIpc) is 1.82. The van der Waals surface area contributed by atoms with Crippen LogP contribution in [-0.2, 0) is 4.79 Å². The third kappa shape index (κ3) is 4.70. The van der Waals surface area contributed by atoms with Crippen LogP contribution in [0.15, 0.2) is 29.7 Å². The molecular weight excluding hydrogens is 137 g/mol. The lowest BCUT2D eigenvalue weighted by atomic mass is 10.6. The van der Waals surface area contributed by atoms with Crippen LogP contribution in [0.5, 0.6) is 0 Å². The van der Waals surface area contributed by atoms with Crippen molar-refractivity contribution in [2.45, 2.75) is 0 Å². The molecule has 0 rings (SSSR count). The maximum absolute atomic E-state index is 12.1. The van der Waals surface area contributed by atoms with Gasteiger partial charge in [0.25, 0.3) is 0 Å². The maximum Gasteiger partial charge on any atom is 0.332 e. The van der Waals surface area contributed by atoms with E-state index in [1.165, 1.54) is 6.08 Å². The molecule has 0 aliphatic carbocycles. The van der Waals surface area contributed by atoms with Crippen molar-refractivity contribution in [3.63, 3.8) is 0 Å². The van der Waals surface area contributed by atoms with E-state index in [1.807, 2.05) is 0 Å². The molecule has 0 amide bonds. The molecule has 0 bridgehead atoms. The Morgan fingerprint density at radius 1 is 1.70 bits per heavy atom. The minimum atomic E-state index is -1.36. The lowest BCUT2D eigenvalue weighted by Gasteiger charge is -1.80. The molecule has 0 aromatic rings. The maximum atomic E-state index is 12.1. The summed E-state index contributed by atoms with van der Waals surface area (Å²) in [6, 6.07) is 0. The fourth-order valence-electron chi connectivity index (χ4n) is 0.263. The molecule has 0 aromatic carbocycles. The summed E-state index contributed by atoms with van der Waals surface area (Å²) in [7, 11) is 0. The van der Waals surface area contributed by atoms with Gasteiger partial charge in [-0.25, -0.2) is 9.79 Å². The molecule has 3 nitrogen and oxygen atoms in total. The zero-order valence-electron chi connectivity index (χ0n) is 5.12. The minimum absolute atomic E-state index is 0.361. The molecule has 4 heteroatoms. The van der Waals surface area contributed by atoms with Crippen LogP contribution in [0.3, 0.4) is 0 Å². The average molecular weight is 143 g/mol. The van der Waals surface area contributed by atoms with Crippen molar-refractivity contribution < 1.29 is 14.3 Å². The third-order valence-electron chi connectivity index (χ3n) is 0.546.